The molecule has 3 N–H and O–H groups in total. The van der Waals surface area contributed by atoms with Crippen LogP contribution in [0.25, 0.3) is 0 Å². The molecule has 0 aliphatic heterocycles. The fourth-order valence-corrected chi connectivity index (χ4v) is 9.53. The van der Waals surface area contributed by atoms with Gasteiger partial charge in [-0.1, -0.05) is 39.9 Å². The smallest absolute Gasteiger partial charge is 0.328 e. The van der Waals surface area contributed by atoms with Crippen LogP contribution in [0.3, 0.4) is 0 Å². The van der Waals surface area contributed by atoms with Crippen molar-refractivity contribution in [3.8, 4) is 0 Å². The molecule has 0 saturated heterocycles. The second kappa shape index (κ2) is 11.3. The second-order valence-electron chi connectivity index (χ2n) is 14.1. The number of nitrogens with two attached hydrogens (primary N) is 1. The maximum Gasteiger partial charge on any atom is 0.328 e. The van der Waals surface area contributed by atoms with E-state index < -0.39 is 24.0 Å². The molecule has 1 amide bonds. The molecule has 0 heterocycles. The first-order valence-corrected chi connectivity index (χ1v) is 15.5. The highest BCUT2D eigenvalue weighted by molar-refractivity contribution is 7.82. The minimum absolute atomic E-state index is 0.103. The summed E-state index contributed by atoms with van der Waals surface area (Å²) in [6.45, 7) is 12.4. The zero-order chi connectivity index (χ0) is 28.0. The van der Waals surface area contributed by atoms with Crippen molar-refractivity contribution in [3.63, 3.8) is 0 Å². The Bertz CT molecular complexity index is 952. The molecular formula is C31H50N2O4S. The molecule has 6 nitrogen and oxygen atoms in total. The second-order valence-corrected chi connectivity index (χ2v) is 14.5. The standard InChI is InChI=1S/C31H50N2O4S/c1-17(2)15-26(32)27(38)28(35)33-18(3)29(36)37-21-11-13-30(5)20(16-21)7-8-22-24-10-9-23(19(4)34)31(24,6)14-12-25(22)30/h17-18,20-26H,7-16,32H2,1-6H3,(H,33,35)/t18-,20-,21+,22?,23+,24-,25-,26-,30-,31+/m0/s1. The lowest BCUT2D eigenvalue weighted by atomic mass is 9.44. The molecule has 7 heteroatoms. The number of amides is 1. The lowest BCUT2D eigenvalue weighted by Gasteiger charge is -2.61. The Morgan fingerprint density at radius 1 is 0.974 bits per heavy atom. The number of Topliss-reactive ketones (excluding diaryl/α,β-unsaturated/α-hetero) is 1. The van der Waals surface area contributed by atoms with Crippen LogP contribution in [0.1, 0.15) is 106 Å². The van der Waals surface area contributed by atoms with Crippen LogP contribution >= 0.6 is 12.2 Å². The highest BCUT2D eigenvalue weighted by Gasteiger charge is 2.61. The zero-order valence-corrected chi connectivity index (χ0v) is 25.2. The number of fused-ring (bicyclic) bond motifs is 5. The summed E-state index contributed by atoms with van der Waals surface area (Å²) in [5.41, 5.74) is 6.53. The van der Waals surface area contributed by atoms with Gasteiger partial charge in [0.25, 0.3) is 5.91 Å². The number of carbonyl (C=O) groups excluding carboxylic acids is 3. The van der Waals surface area contributed by atoms with Crippen molar-refractivity contribution in [1.82, 2.24) is 5.32 Å². The number of nitrogens with one attached hydrogen (secondary N) is 1. The molecular weight excluding hydrogens is 496 g/mol. The molecule has 0 spiro atoms. The Morgan fingerprint density at radius 3 is 2.29 bits per heavy atom. The summed E-state index contributed by atoms with van der Waals surface area (Å²) in [5, 5.41) is 2.70. The van der Waals surface area contributed by atoms with E-state index in [9.17, 15) is 14.4 Å². The SMILES string of the molecule is CC(=O)[C@H]1CC[C@H]2C3CC[C@H]4C[C@H](OC(=O)[C@H](C)NC(=O)C(=S)[C@@H](N)CC(C)C)CC[C@]4(C)[C@H]3CC[C@]12C. The fourth-order valence-electron chi connectivity index (χ4n) is 9.37. The van der Waals surface area contributed by atoms with Crippen molar-refractivity contribution in [2.75, 3.05) is 0 Å². The van der Waals surface area contributed by atoms with Gasteiger partial charge in [-0.2, -0.15) is 0 Å². The summed E-state index contributed by atoms with van der Waals surface area (Å²) in [4.78, 5) is 38.0. The highest BCUT2D eigenvalue weighted by atomic mass is 32.1. The fraction of sp³-hybridized carbons (Fsp3) is 0.871. The van der Waals surface area contributed by atoms with Gasteiger partial charge in [0.2, 0.25) is 0 Å². The van der Waals surface area contributed by atoms with Gasteiger partial charge in [0, 0.05) is 12.0 Å². The molecule has 38 heavy (non-hydrogen) atoms. The Kier molecular flexibility index (Phi) is 8.79. The summed E-state index contributed by atoms with van der Waals surface area (Å²) in [7, 11) is 0. The third-order valence-corrected chi connectivity index (χ3v) is 11.9. The van der Waals surface area contributed by atoms with Gasteiger partial charge in [0.05, 0.1) is 4.86 Å². The molecule has 4 aliphatic rings. The van der Waals surface area contributed by atoms with E-state index in [0.29, 0.717) is 35.9 Å². The van der Waals surface area contributed by atoms with Gasteiger partial charge in [-0.3, -0.25) is 9.59 Å². The van der Waals surface area contributed by atoms with E-state index in [4.69, 9.17) is 22.7 Å². The lowest BCUT2D eigenvalue weighted by Crippen LogP contribution is -2.54. The van der Waals surface area contributed by atoms with Crippen LogP contribution in [-0.2, 0) is 19.1 Å². The Labute approximate surface area is 235 Å². The molecule has 0 aromatic rings. The van der Waals surface area contributed by atoms with E-state index in [1.807, 2.05) is 13.8 Å². The third kappa shape index (κ3) is 5.48. The van der Waals surface area contributed by atoms with Crippen molar-refractivity contribution in [2.24, 2.45) is 52.1 Å². The number of hydrogen-bond donors (Lipinski definition) is 2. The van der Waals surface area contributed by atoms with Crippen LogP contribution in [0.2, 0.25) is 0 Å². The minimum Gasteiger partial charge on any atom is -0.461 e. The number of rotatable bonds is 8. The van der Waals surface area contributed by atoms with Crippen molar-refractivity contribution in [2.45, 2.75) is 124 Å². The van der Waals surface area contributed by atoms with Gasteiger partial charge in [0.1, 0.15) is 17.9 Å². The number of thiocarbonyl (C=S) groups is 1. The molecule has 0 bridgehead atoms. The number of carbonyl (C=O) groups is 3. The van der Waals surface area contributed by atoms with Crippen molar-refractivity contribution in [1.29, 1.82) is 0 Å². The Morgan fingerprint density at radius 2 is 1.63 bits per heavy atom. The molecule has 1 unspecified atom stereocenters. The first kappa shape index (κ1) is 29.6. The van der Waals surface area contributed by atoms with E-state index in [0.717, 1.165) is 31.6 Å². The average molecular weight is 547 g/mol. The van der Waals surface area contributed by atoms with Gasteiger partial charge < -0.3 is 15.8 Å². The molecule has 0 radical (unpaired) electrons. The lowest BCUT2D eigenvalue weighted by molar-refractivity contribution is -0.165. The van der Waals surface area contributed by atoms with E-state index in [1.54, 1.807) is 13.8 Å². The first-order chi connectivity index (χ1) is 17.8. The predicted octanol–water partition coefficient (Wildman–Crippen LogP) is 5.39. The molecule has 4 fully saturated rings. The van der Waals surface area contributed by atoms with Crippen LogP contribution in [0.15, 0.2) is 0 Å². The van der Waals surface area contributed by atoms with Gasteiger partial charge >= 0.3 is 5.97 Å². The van der Waals surface area contributed by atoms with Gasteiger partial charge in [-0.25, -0.2) is 4.79 Å². The normalized spacial score (nSPS) is 39.8. The summed E-state index contributed by atoms with van der Waals surface area (Å²) in [6.07, 6.45) is 10.5. The molecule has 0 aromatic carbocycles. The predicted molar refractivity (Wildman–Crippen MR) is 153 cm³/mol. The number of esters is 1. The van der Waals surface area contributed by atoms with E-state index >= 15 is 0 Å². The van der Waals surface area contributed by atoms with Crippen LogP contribution < -0.4 is 11.1 Å². The molecule has 4 saturated carbocycles. The largest absolute Gasteiger partial charge is 0.461 e. The highest BCUT2D eigenvalue weighted by Crippen LogP contribution is 2.67. The average Bonchev–Trinajstić information content (AvgIpc) is 3.20. The quantitative estimate of drug-likeness (QED) is 0.313. The van der Waals surface area contributed by atoms with E-state index in [1.165, 1.54) is 32.1 Å². The van der Waals surface area contributed by atoms with Crippen LogP contribution in [0.5, 0.6) is 0 Å². The summed E-state index contributed by atoms with van der Waals surface area (Å²) in [5.74, 6) is 2.78. The minimum atomic E-state index is -0.761. The molecule has 214 valence electrons. The van der Waals surface area contributed by atoms with E-state index in [-0.39, 0.29) is 27.7 Å². The molecule has 4 rings (SSSR count). The topological polar surface area (TPSA) is 98.5 Å². The van der Waals surface area contributed by atoms with Crippen LogP contribution in [0, 0.1) is 46.3 Å². The zero-order valence-electron chi connectivity index (χ0n) is 24.4. The molecule has 10 atom stereocenters. The third-order valence-electron chi connectivity index (χ3n) is 11.4. The molecule has 0 aromatic heterocycles. The van der Waals surface area contributed by atoms with Crippen molar-refractivity contribution < 1.29 is 19.1 Å². The van der Waals surface area contributed by atoms with Crippen molar-refractivity contribution in [3.05, 3.63) is 0 Å². The maximum atomic E-state index is 12.9. The number of hydrogen-bond acceptors (Lipinski definition) is 6. The summed E-state index contributed by atoms with van der Waals surface area (Å²) in [6, 6.07) is -1.25. The first-order valence-electron chi connectivity index (χ1n) is 15.1. The van der Waals surface area contributed by atoms with Gasteiger partial charge in [-0.05, 0) is 118 Å². The summed E-state index contributed by atoms with van der Waals surface area (Å²) >= 11 is 5.26. The summed E-state index contributed by atoms with van der Waals surface area (Å²) < 4.78 is 5.95. The monoisotopic (exact) mass is 546 g/mol. The maximum absolute atomic E-state index is 12.9. The van der Waals surface area contributed by atoms with Crippen LogP contribution in [-0.4, -0.2) is 40.7 Å². The Hall–Kier alpha value is -1.34. The van der Waals surface area contributed by atoms with Crippen molar-refractivity contribution >= 4 is 34.7 Å². The van der Waals surface area contributed by atoms with Crippen LogP contribution in [0.4, 0.5) is 0 Å². The van der Waals surface area contributed by atoms with E-state index in [2.05, 4.69) is 19.2 Å². The van der Waals surface area contributed by atoms with Gasteiger partial charge in [-0.15, -0.1) is 0 Å². The number of ether oxygens (including phenoxy) is 1. The molecule has 4 aliphatic carbocycles. The number of ketones is 1. The van der Waals surface area contributed by atoms with Gasteiger partial charge in [0.15, 0.2) is 0 Å². The Balaban J connectivity index is 1.33.